The Kier molecular flexibility index (Phi) is 3.66. The molecule has 1 fully saturated rings. The number of anilines is 1. The highest BCUT2D eigenvalue weighted by molar-refractivity contribution is 6.08. The molecule has 1 N–H and O–H groups in total. The number of likely N-dealkylation sites (tertiary alicyclic amines) is 1. The lowest BCUT2D eigenvalue weighted by molar-refractivity contribution is -0.121. The van der Waals surface area contributed by atoms with Gasteiger partial charge in [-0.1, -0.05) is 18.2 Å². The summed E-state index contributed by atoms with van der Waals surface area (Å²) in [4.78, 5) is 38.7. The molecule has 0 unspecified atom stereocenters. The van der Waals surface area contributed by atoms with E-state index in [2.05, 4.69) is 5.32 Å². The van der Waals surface area contributed by atoms with Gasteiger partial charge in [-0.3, -0.25) is 14.5 Å². The minimum absolute atomic E-state index is 0.144. The van der Waals surface area contributed by atoms with Crippen molar-refractivity contribution in [2.24, 2.45) is 0 Å². The number of nitrogens with zero attached hydrogens (tertiary/aromatic N) is 1. The standard InChI is InChI=1S/C18H22N2O4/c1-11(21)14-9-18(10-20(14)16(23)24-17(2,3)4)12-7-5-6-8-13(12)19-15(18)22/h5-8,14H,9-10H2,1-4H3,(H,19,22)/t14-,18-/m0/s1. The van der Waals surface area contributed by atoms with E-state index in [1.807, 2.05) is 24.3 Å². The SMILES string of the molecule is CC(=O)[C@@H]1C[C@@]2(CN1C(=O)OC(C)(C)C)C(=O)Nc1ccccc12. The predicted molar refractivity (Wildman–Crippen MR) is 88.8 cm³/mol. The van der Waals surface area contributed by atoms with E-state index in [0.29, 0.717) is 0 Å². The number of hydrogen-bond acceptors (Lipinski definition) is 4. The average molecular weight is 330 g/mol. The van der Waals surface area contributed by atoms with Crippen LogP contribution in [-0.4, -0.2) is 40.9 Å². The van der Waals surface area contributed by atoms with Gasteiger partial charge in [0.1, 0.15) is 5.60 Å². The number of ketones is 1. The summed E-state index contributed by atoms with van der Waals surface area (Å²) < 4.78 is 5.43. The number of amides is 2. The first-order valence-electron chi connectivity index (χ1n) is 8.05. The van der Waals surface area contributed by atoms with Crippen molar-refractivity contribution in [2.75, 3.05) is 11.9 Å². The van der Waals surface area contributed by atoms with Crippen LogP contribution < -0.4 is 5.32 Å². The van der Waals surface area contributed by atoms with Gasteiger partial charge in [0.05, 0.1) is 11.5 Å². The molecule has 3 rings (SSSR count). The third kappa shape index (κ3) is 2.56. The van der Waals surface area contributed by atoms with Crippen LogP contribution in [0.4, 0.5) is 10.5 Å². The third-order valence-electron chi connectivity index (χ3n) is 4.58. The van der Waals surface area contributed by atoms with Crippen LogP contribution >= 0.6 is 0 Å². The Balaban J connectivity index is 1.98. The first-order chi connectivity index (χ1) is 11.1. The van der Waals surface area contributed by atoms with Crippen LogP contribution in [0.15, 0.2) is 24.3 Å². The quantitative estimate of drug-likeness (QED) is 0.858. The number of Topliss-reactive ketones (excluding diaryl/α,β-unsaturated/α-hetero) is 1. The lowest BCUT2D eigenvalue weighted by atomic mass is 9.79. The second kappa shape index (κ2) is 5.33. The number of fused-ring (bicyclic) bond motifs is 2. The molecule has 1 spiro atoms. The minimum atomic E-state index is -0.885. The fourth-order valence-corrected chi connectivity index (χ4v) is 3.51. The first kappa shape index (κ1) is 16.5. The minimum Gasteiger partial charge on any atom is -0.444 e. The van der Waals surface area contributed by atoms with Gasteiger partial charge < -0.3 is 10.1 Å². The first-order valence-corrected chi connectivity index (χ1v) is 8.05. The van der Waals surface area contributed by atoms with Crippen LogP contribution in [0.25, 0.3) is 0 Å². The third-order valence-corrected chi connectivity index (χ3v) is 4.58. The Hall–Kier alpha value is -2.37. The number of ether oxygens (including phenoxy) is 1. The van der Waals surface area contributed by atoms with Gasteiger partial charge in [-0.2, -0.15) is 0 Å². The molecule has 1 aromatic rings. The summed E-state index contributed by atoms with van der Waals surface area (Å²) in [5.74, 6) is -0.309. The maximum Gasteiger partial charge on any atom is 0.410 e. The molecule has 128 valence electrons. The van der Waals surface area contributed by atoms with Crippen molar-refractivity contribution in [1.82, 2.24) is 4.90 Å². The van der Waals surface area contributed by atoms with Crippen molar-refractivity contribution >= 4 is 23.5 Å². The van der Waals surface area contributed by atoms with Gasteiger partial charge in [0.25, 0.3) is 0 Å². The molecule has 1 saturated heterocycles. The monoisotopic (exact) mass is 330 g/mol. The Bertz CT molecular complexity index is 722. The number of nitrogens with one attached hydrogen (secondary N) is 1. The Labute approximate surface area is 141 Å². The molecule has 2 heterocycles. The van der Waals surface area contributed by atoms with E-state index in [4.69, 9.17) is 4.74 Å². The van der Waals surface area contributed by atoms with Gasteiger partial charge in [-0.25, -0.2) is 4.79 Å². The average Bonchev–Trinajstić information content (AvgIpc) is 2.99. The highest BCUT2D eigenvalue weighted by Gasteiger charge is 2.57. The Morgan fingerprint density at radius 2 is 1.96 bits per heavy atom. The van der Waals surface area contributed by atoms with E-state index < -0.39 is 23.2 Å². The molecule has 0 aliphatic carbocycles. The molecule has 2 amide bonds. The van der Waals surface area contributed by atoms with E-state index in [0.717, 1.165) is 11.3 Å². The van der Waals surface area contributed by atoms with E-state index in [9.17, 15) is 14.4 Å². The zero-order valence-electron chi connectivity index (χ0n) is 14.4. The zero-order chi connectivity index (χ0) is 17.7. The maximum absolute atomic E-state index is 12.7. The molecule has 0 bridgehead atoms. The summed E-state index contributed by atoms with van der Waals surface area (Å²) >= 11 is 0. The largest absolute Gasteiger partial charge is 0.444 e. The Morgan fingerprint density at radius 3 is 2.58 bits per heavy atom. The predicted octanol–water partition coefficient (Wildman–Crippen LogP) is 2.47. The summed E-state index contributed by atoms with van der Waals surface area (Å²) in [7, 11) is 0. The lowest BCUT2D eigenvalue weighted by Crippen LogP contribution is -2.44. The molecule has 2 atom stereocenters. The van der Waals surface area contributed by atoms with Crippen LogP contribution in [0.5, 0.6) is 0 Å². The van der Waals surface area contributed by atoms with Gasteiger partial charge >= 0.3 is 6.09 Å². The normalized spacial score (nSPS) is 25.6. The van der Waals surface area contributed by atoms with Crippen LogP contribution in [0, 0.1) is 0 Å². The van der Waals surface area contributed by atoms with Gasteiger partial charge in [0.15, 0.2) is 5.78 Å². The number of rotatable bonds is 1. The lowest BCUT2D eigenvalue weighted by Gasteiger charge is -2.28. The second-order valence-corrected chi connectivity index (χ2v) is 7.52. The number of carbonyl (C=O) groups is 3. The van der Waals surface area contributed by atoms with E-state index in [1.165, 1.54) is 11.8 Å². The highest BCUT2D eigenvalue weighted by Crippen LogP contribution is 2.46. The van der Waals surface area contributed by atoms with Gasteiger partial charge in [-0.05, 0) is 45.7 Å². The van der Waals surface area contributed by atoms with E-state index in [-0.39, 0.29) is 24.7 Å². The topological polar surface area (TPSA) is 75.7 Å². The van der Waals surface area contributed by atoms with Crippen molar-refractivity contribution in [3.8, 4) is 0 Å². The van der Waals surface area contributed by atoms with Crippen molar-refractivity contribution in [1.29, 1.82) is 0 Å². The fourth-order valence-electron chi connectivity index (χ4n) is 3.51. The van der Waals surface area contributed by atoms with Crippen LogP contribution in [-0.2, 0) is 19.7 Å². The van der Waals surface area contributed by atoms with Crippen molar-refractivity contribution < 1.29 is 19.1 Å². The Morgan fingerprint density at radius 1 is 1.29 bits per heavy atom. The summed E-state index contributed by atoms with van der Waals surface area (Å²) in [6.45, 7) is 6.92. The van der Waals surface area contributed by atoms with Gasteiger partial charge in [0.2, 0.25) is 5.91 Å². The molecule has 6 nitrogen and oxygen atoms in total. The highest BCUT2D eigenvalue weighted by atomic mass is 16.6. The molecule has 2 aliphatic rings. The number of hydrogen-bond donors (Lipinski definition) is 1. The maximum atomic E-state index is 12.7. The summed E-state index contributed by atoms with van der Waals surface area (Å²) in [5, 5.41) is 2.87. The second-order valence-electron chi connectivity index (χ2n) is 7.52. The number of para-hydroxylation sites is 1. The van der Waals surface area contributed by atoms with Crippen molar-refractivity contribution in [3.05, 3.63) is 29.8 Å². The summed E-state index contributed by atoms with van der Waals surface area (Å²) in [6, 6.07) is 6.77. The van der Waals surface area contributed by atoms with Crippen LogP contribution in [0.2, 0.25) is 0 Å². The molecule has 0 aromatic heterocycles. The van der Waals surface area contributed by atoms with Crippen molar-refractivity contribution in [3.63, 3.8) is 0 Å². The molecule has 1 aromatic carbocycles. The summed E-state index contributed by atoms with van der Waals surface area (Å²) in [6.07, 6.45) is -0.276. The zero-order valence-corrected chi connectivity index (χ0v) is 14.4. The van der Waals surface area contributed by atoms with Crippen LogP contribution in [0.1, 0.15) is 39.7 Å². The van der Waals surface area contributed by atoms with Crippen molar-refractivity contribution in [2.45, 2.75) is 51.2 Å². The number of carbonyl (C=O) groups excluding carboxylic acids is 3. The molecule has 2 aliphatic heterocycles. The molecule has 6 heteroatoms. The number of benzene rings is 1. The molecular formula is C18H22N2O4. The summed E-state index contributed by atoms with van der Waals surface area (Å²) in [5.41, 5.74) is 0.0385. The molecule has 0 radical (unpaired) electrons. The molecule has 0 saturated carbocycles. The molecule has 24 heavy (non-hydrogen) atoms. The fraction of sp³-hybridized carbons (Fsp3) is 0.500. The van der Waals surface area contributed by atoms with Crippen LogP contribution in [0.3, 0.4) is 0 Å². The van der Waals surface area contributed by atoms with Gasteiger partial charge in [0, 0.05) is 12.2 Å². The smallest absolute Gasteiger partial charge is 0.410 e. The molecular weight excluding hydrogens is 308 g/mol. The van der Waals surface area contributed by atoms with Gasteiger partial charge in [-0.15, -0.1) is 0 Å². The van der Waals surface area contributed by atoms with E-state index in [1.54, 1.807) is 20.8 Å². The van der Waals surface area contributed by atoms with E-state index >= 15 is 0 Å².